The summed E-state index contributed by atoms with van der Waals surface area (Å²) in [5, 5.41) is 27.7. The molecule has 1 saturated heterocycles. The number of morpholine rings is 1. The zero-order valence-corrected chi connectivity index (χ0v) is 21.2. The summed E-state index contributed by atoms with van der Waals surface area (Å²) in [5.74, 6) is -0.530. The number of aromatic nitrogens is 1. The number of phenolic OH excluding ortho intramolecular Hbond substituents is 1. The molecule has 1 fully saturated rings. The van der Waals surface area contributed by atoms with Gasteiger partial charge in [-0.1, -0.05) is 11.6 Å². The third-order valence-electron chi connectivity index (χ3n) is 5.85. The van der Waals surface area contributed by atoms with Gasteiger partial charge < -0.3 is 24.5 Å². The molecule has 0 radical (unpaired) electrons. The minimum Gasteiger partial charge on any atom is -0.507 e. The quantitative estimate of drug-likeness (QED) is 0.180. The number of carbonyl (C=O) groups is 1. The molecule has 5 rings (SSSR count). The van der Waals surface area contributed by atoms with Crippen LogP contribution in [0.2, 0.25) is 5.02 Å². The predicted octanol–water partition coefficient (Wildman–Crippen LogP) is 4.73. The Hall–Kier alpha value is -4.26. The van der Waals surface area contributed by atoms with Crippen molar-refractivity contribution in [1.29, 1.82) is 0 Å². The summed E-state index contributed by atoms with van der Waals surface area (Å²) < 4.78 is 11.1. The minimum absolute atomic E-state index is 0.0573. The smallest absolute Gasteiger partial charge is 0.270 e. The Labute approximate surface area is 226 Å². The van der Waals surface area contributed by atoms with Crippen LogP contribution in [0.15, 0.2) is 59.0 Å². The Kier molecular flexibility index (Phi) is 7.09. The number of amides is 1. The summed E-state index contributed by atoms with van der Waals surface area (Å²) >= 11 is 11.3. The molecule has 3 aromatic carbocycles. The van der Waals surface area contributed by atoms with E-state index in [1.54, 1.807) is 36.4 Å². The maximum absolute atomic E-state index is 13.1. The van der Waals surface area contributed by atoms with E-state index in [1.165, 1.54) is 18.2 Å². The summed E-state index contributed by atoms with van der Waals surface area (Å²) in [6, 6.07) is 13.8. The van der Waals surface area contributed by atoms with Gasteiger partial charge in [-0.3, -0.25) is 20.2 Å². The van der Waals surface area contributed by atoms with E-state index >= 15 is 0 Å². The Morgan fingerprint density at radius 2 is 1.92 bits per heavy atom. The number of benzene rings is 3. The molecule has 0 saturated carbocycles. The van der Waals surface area contributed by atoms with Crippen LogP contribution < -0.4 is 15.5 Å². The van der Waals surface area contributed by atoms with Crippen molar-refractivity contribution in [2.75, 3.05) is 36.5 Å². The number of nitro benzene ring substituents is 1. The highest BCUT2D eigenvalue weighted by Crippen LogP contribution is 2.34. The van der Waals surface area contributed by atoms with Crippen molar-refractivity contribution < 1.29 is 24.0 Å². The maximum Gasteiger partial charge on any atom is 0.270 e. The van der Waals surface area contributed by atoms with Gasteiger partial charge in [-0.2, -0.15) is 0 Å². The number of non-ortho nitro benzene ring substituents is 1. The van der Waals surface area contributed by atoms with E-state index < -0.39 is 10.8 Å². The molecule has 0 aliphatic carbocycles. The molecule has 2 heterocycles. The summed E-state index contributed by atoms with van der Waals surface area (Å²) in [6.07, 6.45) is 0. The molecule has 0 spiro atoms. The first-order valence-electron chi connectivity index (χ1n) is 11.4. The number of phenols is 1. The van der Waals surface area contributed by atoms with E-state index in [9.17, 15) is 20.0 Å². The average molecular weight is 554 g/mol. The van der Waals surface area contributed by atoms with Crippen molar-refractivity contribution in [2.24, 2.45) is 0 Å². The van der Waals surface area contributed by atoms with E-state index in [-0.39, 0.29) is 28.0 Å². The number of rotatable bonds is 5. The number of hydrogen-bond acceptors (Lipinski definition) is 9. The predicted molar refractivity (Wildman–Crippen MR) is 146 cm³/mol. The summed E-state index contributed by atoms with van der Waals surface area (Å²) in [4.78, 5) is 30.1. The molecule has 3 N–H and O–H groups in total. The molecule has 0 atom stereocenters. The van der Waals surface area contributed by atoms with Crippen LogP contribution in [-0.2, 0) is 4.74 Å². The molecular weight excluding hydrogens is 534 g/mol. The molecule has 1 aliphatic heterocycles. The molecule has 194 valence electrons. The number of halogens is 1. The number of nitro groups is 1. The highest BCUT2D eigenvalue weighted by molar-refractivity contribution is 7.80. The number of carbonyl (C=O) groups excluding carboxylic acids is 1. The minimum atomic E-state index is -0.612. The van der Waals surface area contributed by atoms with E-state index in [2.05, 4.69) is 15.6 Å². The third kappa shape index (κ3) is 5.37. The summed E-state index contributed by atoms with van der Waals surface area (Å²) in [5.41, 5.74) is 2.25. The zero-order valence-electron chi connectivity index (χ0n) is 19.6. The number of anilines is 2. The highest BCUT2D eigenvalue weighted by Gasteiger charge is 2.23. The second-order valence-corrected chi connectivity index (χ2v) is 9.17. The maximum atomic E-state index is 13.1. The number of thiocarbonyl (C=S) groups is 1. The molecule has 1 aliphatic rings. The van der Waals surface area contributed by atoms with Crippen LogP contribution in [0.25, 0.3) is 22.6 Å². The van der Waals surface area contributed by atoms with Gasteiger partial charge in [0.1, 0.15) is 11.3 Å². The van der Waals surface area contributed by atoms with Crippen molar-refractivity contribution in [3.05, 3.63) is 75.3 Å². The van der Waals surface area contributed by atoms with Crippen molar-refractivity contribution in [1.82, 2.24) is 10.3 Å². The van der Waals surface area contributed by atoms with Gasteiger partial charge in [0.15, 0.2) is 10.7 Å². The number of hydrogen-bond donors (Lipinski definition) is 3. The van der Waals surface area contributed by atoms with Crippen molar-refractivity contribution in [2.45, 2.75) is 0 Å². The molecule has 11 nitrogen and oxygen atoms in total. The standard InChI is InChI=1S/C25H20ClN5O6S/c26-14-1-6-22-19(11-14)28-24(37-22)17-4-2-15(12-21(17)32)27-25(38)29-23(33)18-13-16(31(34)35)3-5-20(18)30-7-9-36-10-8-30/h1-6,11-13,32H,7-10H2,(H2,27,29,33,38). The lowest BCUT2D eigenvalue weighted by Gasteiger charge is -2.30. The number of aromatic hydroxyl groups is 1. The van der Waals surface area contributed by atoms with Gasteiger partial charge in [0.05, 0.1) is 35.0 Å². The van der Waals surface area contributed by atoms with E-state index in [0.29, 0.717) is 59.4 Å². The number of ether oxygens (including phenoxy) is 1. The first-order valence-corrected chi connectivity index (χ1v) is 12.2. The number of fused-ring (bicyclic) bond motifs is 1. The largest absolute Gasteiger partial charge is 0.507 e. The Bertz CT molecular complexity index is 1570. The van der Waals surface area contributed by atoms with Gasteiger partial charge >= 0.3 is 0 Å². The Morgan fingerprint density at radius 1 is 1.13 bits per heavy atom. The molecule has 1 amide bonds. The number of oxazole rings is 1. The lowest BCUT2D eigenvalue weighted by molar-refractivity contribution is -0.384. The summed E-state index contributed by atoms with van der Waals surface area (Å²) in [6.45, 7) is 2.04. The number of nitrogens with one attached hydrogen (secondary N) is 2. The second-order valence-electron chi connectivity index (χ2n) is 8.33. The first kappa shape index (κ1) is 25.4. The number of nitrogens with zero attached hydrogens (tertiary/aromatic N) is 3. The molecule has 38 heavy (non-hydrogen) atoms. The van der Waals surface area contributed by atoms with Crippen LogP contribution in [0.5, 0.6) is 5.75 Å². The lowest BCUT2D eigenvalue weighted by Crippen LogP contribution is -2.39. The fourth-order valence-electron chi connectivity index (χ4n) is 4.04. The molecule has 4 aromatic rings. The Balaban J connectivity index is 1.32. The monoisotopic (exact) mass is 553 g/mol. The van der Waals surface area contributed by atoms with E-state index in [1.807, 2.05) is 4.90 Å². The molecule has 13 heteroatoms. The first-order chi connectivity index (χ1) is 18.3. The van der Waals surface area contributed by atoms with Crippen molar-refractivity contribution in [3.8, 4) is 17.2 Å². The van der Waals surface area contributed by atoms with Crippen LogP contribution in [0.3, 0.4) is 0 Å². The van der Waals surface area contributed by atoms with Gasteiger partial charge in [-0.05, 0) is 48.6 Å². The topological polar surface area (TPSA) is 143 Å². The molecular formula is C25H20ClN5O6S. The van der Waals surface area contributed by atoms with Crippen LogP contribution in [0.4, 0.5) is 17.1 Å². The highest BCUT2D eigenvalue weighted by atomic mass is 35.5. The fourth-order valence-corrected chi connectivity index (χ4v) is 4.42. The fraction of sp³-hybridized carbons (Fsp3) is 0.160. The third-order valence-corrected chi connectivity index (χ3v) is 6.29. The Morgan fingerprint density at radius 3 is 2.66 bits per heavy atom. The lowest BCUT2D eigenvalue weighted by atomic mass is 10.1. The molecule has 0 unspecified atom stereocenters. The van der Waals surface area contributed by atoms with Gasteiger partial charge in [-0.25, -0.2) is 4.98 Å². The van der Waals surface area contributed by atoms with Crippen LogP contribution >= 0.6 is 23.8 Å². The van der Waals surface area contributed by atoms with Crippen molar-refractivity contribution >= 4 is 63.0 Å². The second kappa shape index (κ2) is 10.6. The molecule has 0 bridgehead atoms. The van der Waals surface area contributed by atoms with Gasteiger partial charge in [0.25, 0.3) is 11.6 Å². The van der Waals surface area contributed by atoms with Crippen molar-refractivity contribution in [3.63, 3.8) is 0 Å². The SMILES string of the molecule is O=C(NC(=S)Nc1ccc(-c2nc3cc(Cl)ccc3o2)c(O)c1)c1cc([N+](=O)[O-])ccc1N1CCOCC1. The molecule has 1 aromatic heterocycles. The zero-order chi connectivity index (χ0) is 26.8. The van der Waals surface area contributed by atoms with E-state index in [0.717, 1.165) is 0 Å². The average Bonchev–Trinajstić information content (AvgIpc) is 3.31. The van der Waals surface area contributed by atoms with Crippen LogP contribution in [-0.4, -0.2) is 52.3 Å². The normalized spacial score (nSPS) is 13.3. The van der Waals surface area contributed by atoms with Gasteiger partial charge in [-0.15, -0.1) is 0 Å². The summed E-state index contributed by atoms with van der Waals surface area (Å²) in [7, 11) is 0. The van der Waals surface area contributed by atoms with Crippen LogP contribution in [0, 0.1) is 10.1 Å². The van der Waals surface area contributed by atoms with Gasteiger partial charge in [0, 0.05) is 42.0 Å². The van der Waals surface area contributed by atoms with Crippen LogP contribution in [0.1, 0.15) is 10.4 Å². The van der Waals surface area contributed by atoms with E-state index in [4.69, 9.17) is 33.0 Å². The van der Waals surface area contributed by atoms with Gasteiger partial charge in [0.2, 0.25) is 5.89 Å².